The van der Waals surface area contributed by atoms with E-state index in [2.05, 4.69) is 4.98 Å². The normalized spacial score (nSPS) is 14.8. The molecular weight excluding hydrogens is 412 g/mol. The maximum absolute atomic E-state index is 12.9. The number of piperidine rings is 1. The van der Waals surface area contributed by atoms with Crippen molar-refractivity contribution in [1.82, 2.24) is 9.88 Å². The van der Waals surface area contributed by atoms with E-state index in [1.54, 1.807) is 32.4 Å². The van der Waals surface area contributed by atoms with Gasteiger partial charge < -0.3 is 19.1 Å². The number of hydrogen-bond donors (Lipinski definition) is 0. The highest BCUT2D eigenvalue weighted by molar-refractivity contribution is 7.20. The van der Waals surface area contributed by atoms with Crippen LogP contribution in [0.15, 0.2) is 36.4 Å². The number of para-hydroxylation sites is 1. The van der Waals surface area contributed by atoms with E-state index in [1.165, 1.54) is 11.3 Å². The van der Waals surface area contributed by atoms with Gasteiger partial charge in [-0.1, -0.05) is 29.0 Å². The van der Waals surface area contributed by atoms with Gasteiger partial charge >= 0.3 is 0 Å². The molecule has 0 radical (unpaired) electrons. The summed E-state index contributed by atoms with van der Waals surface area (Å²) in [4.78, 5) is 19.2. The predicted molar refractivity (Wildman–Crippen MR) is 114 cm³/mol. The molecule has 1 amide bonds. The fourth-order valence-electron chi connectivity index (χ4n) is 3.38. The molecule has 1 fully saturated rings. The second-order valence-electron chi connectivity index (χ2n) is 6.78. The first-order chi connectivity index (χ1) is 14.1. The molecule has 0 aliphatic carbocycles. The van der Waals surface area contributed by atoms with Gasteiger partial charge in [0, 0.05) is 37.6 Å². The monoisotopic (exact) mass is 432 g/mol. The maximum Gasteiger partial charge on any atom is 0.274 e. The first-order valence-corrected chi connectivity index (χ1v) is 10.5. The van der Waals surface area contributed by atoms with E-state index < -0.39 is 0 Å². The maximum atomic E-state index is 12.9. The van der Waals surface area contributed by atoms with Gasteiger partial charge in [-0.05, 0) is 24.3 Å². The Labute approximate surface area is 178 Å². The molecular formula is C21H21ClN2O4S. The average molecular weight is 433 g/mol. The first-order valence-electron chi connectivity index (χ1n) is 9.31. The number of fused-ring (bicyclic) bond motifs is 1. The third-order valence-electron chi connectivity index (χ3n) is 4.95. The largest absolute Gasteiger partial charge is 0.497 e. The quantitative estimate of drug-likeness (QED) is 0.587. The van der Waals surface area contributed by atoms with Crippen LogP contribution in [0.1, 0.15) is 23.2 Å². The smallest absolute Gasteiger partial charge is 0.274 e. The van der Waals surface area contributed by atoms with E-state index in [4.69, 9.17) is 25.8 Å². The molecule has 2 heterocycles. The molecule has 152 valence electrons. The SMILES string of the molecule is COc1cc(OC)cc(C(=O)N2CCC(Oc3nc4c(Cl)cccc4s3)CC2)c1. The molecule has 2 aromatic carbocycles. The van der Waals surface area contributed by atoms with Crippen LogP contribution in [0, 0.1) is 0 Å². The number of amides is 1. The Morgan fingerprint density at radius 1 is 1.14 bits per heavy atom. The Kier molecular flexibility index (Phi) is 5.78. The third-order valence-corrected chi connectivity index (χ3v) is 6.16. The number of hydrogen-bond acceptors (Lipinski definition) is 6. The minimum absolute atomic E-state index is 0.0261. The van der Waals surface area contributed by atoms with Crippen molar-refractivity contribution in [2.24, 2.45) is 0 Å². The van der Waals surface area contributed by atoms with Gasteiger partial charge in [0.1, 0.15) is 23.1 Å². The number of carbonyl (C=O) groups is 1. The van der Waals surface area contributed by atoms with E-state index in [0.717, 1.165) is 23.1 Å². The highest BCUT2D eigenvalue weighted by Gasteiger charge is 2.26. The number of ether oxygens (including phenoxy) is 3. The lowest BCUT2D eigenvalue weighted by atomic mass is 10.1. The fraction of sp³-hybridized carbons (Fsp3) is 0.333. The lowest BCUT2D eigenvalue weighted by Crippen LogP contribution is -2.41. The molecule has 0 atom stereocenters. The van der Waals surface area contributed by atoms with Crippen LogP contribution in [0.5, 0.6) is 16.7 Å². The molecule has 1 saturated heterocycles. The second-order valence-corrected chi connectivity index (χ2v) is 8.18. The van der Waals surface area contributed by atoms with Gasteiger partial charge in [0.05, 0.1) is 23.9 Å². The number of aromatic nitrogens is 1. The van der Waals surface area contributed by atoms with Crippen molar-refractivity contribution >= 4 is 39.1 Å². The highest BCUT2D eigenvalue weighted by Crippen LogP contribution is 2.33. The van der Waals surface area contributed by atoms with Gasteiger partial charge in [0.25, 0.3) is 11.1 Å². The summed E-state index contributed by atoms with van der Waals surface area (Å²) in [6.07, 6.45) is 1.52. The number of thiazole rings is 1. The lowest BCUT2D eigenvalue weighted by molar-refractivity contribution is 0.0595. The van der Waals surface area contributed by atoms with Crippen LogP contribution in [0.2, 0.25) is 5.02 Å². The molecule has 3 aromatic rings. The minimum atomic E-state index is -0.0348. The summed E-state index contributed by atoms with van der Waals surface area (Å²) >= 11 is 7.69. The summed E-state index contributed by atoms with van der Waals surface area (Å²) in [5.74, 6) is 1.16. The van der Waals surface area contributed by atoms with Crippen LogP contribution in [-0.2, 0) is 0 Å². The minimum Gasteiger partial charge on any atom is -0.497 e. The van der Waals surface area contributed by atoms with Crippen molar-refractivity contribution in [3.8, 4) is 16.7 Å². The fourth-order valence-corrected chi connectivity index (χ4v) is 4.56. The van der Waals surface area contributed by atoms with E-state index in [-0.39, 0.29) is 12.0 Å². The topological polar surface area (TPSA) is 60.9 Å². The Balaban J connectivity index is 1.40. The molecule has 0 N–H and O–H groups in total. The highest BCUT2D eigenvalue weighted by atomic mass is 35.5. The van der Waals surface area contributed by atoms with Gasteiger partial charge in [-0.2, -0.15) is 0 Å². The molecule has 1 aliphatic rings. The molecule has 4 rings (SSSR count). The van der Waals surface area contributed by atoms with Gasteiger partial charge in [-0.15, -0.1) is 0 Å². The summed E-state index contributed by atoms with van der Waals surface area (Å²) in [5, 5.41) is 1.25. The van der Waals surface area contributed by atoms with Gasteiger partial charge in [0.2, 0.25) is 0 Å². The van der Waals surface area contributed by atoms with Crippen molar-refractivity contribution in [2.75, 3.05) is 27.3 Å². The summed E-state index contributed by atoms with van der Waals surface area (Å²) in [6.45, 7) is 1.24. The summed E-state index contributed by atoms with van der Waals surface area (Å²) in [5.41, 5.74) is 1.33. The molecule has 0 spiro atoms. The molecule has 6 nitrogen and oxygen atoms in total. The number of likely N-dealkylation sites (tertiary alicyclic amines) is 1. The zero-order valence-electron chi connectivity index (χ0n) is 16.2. The number of carbonyl (C=O) groups excluding carboxylic acids is 1. The van der Waals surface area contributed by atoms with E-state index in [1.807, 2.05) is 23.1 Å². The van der Waals surface area contributed by atoms with Gasteiger partial charge in [-0.25, -0.2) is 4.98 Å². The first kappa shape index (κ1) is 19.8. The number of benzene rings is 2. The van der Waals surface area contributed by atoms with Crippen molar-refractivity contribution in [3.05, 3.63) is 47.0 Å². The molecule has 29 heavy (non-hydrogen) atoms. The van der Waals surface area contributed by atoms with Crippen molar-refractivity contribution in [3.63, 3.8) is 0 Å². The molecule has 1 aromatic heterocycles. The number of methoxy groups -OCH3 is 2. The molecule has 0 unspecified atom stereocenters. The summed E-state index contributed by atoms with van der Waals surface area (Å²) in [7, 11) is 3.14. The molecule has 1 aliphatic heterocycles. The Bertz CT molecular complexity index is 1010. The van der Waals surface area contributed by atoms with Crippen LogP contribution in [0.3, 0.4) is 0 Å². The van der Waals surface area contributed by atoms with Crippen molar-refractivity contribution < 1.29 is 19.0 Å². The van der Waals surface area contributed by atoms with Crippen molar-refractivity contribution in [2.45, 2.75) is 18.9 Å². The van der Waals surface area contributed by atoms with Crippen LogP contribution < -0.4 is 14.2 Å². The van der Waals surface area contributed by atoms with Crippen molar-refractivity contribution in [1.29, 1.82) is 0 Å². The van der Waals surface area contributed by atoms with E-state index >= 15 is 0 Å². The number of halogens is 1. The zero-order valence-corrected chi connectivity index (χ0v) is 17.8. The van der Waals surface area contributed by atoms with Crippen LogP contribution in [0.25, 0.3) is 10.2 Å². The molecule has 0 bridgehead atoms. The van der Waals surface area contributed by atoms with Crippen LogP contribution in [-0.4, -0.2) is 49.2 Å². The predicted octanol–water partition coefficient (Wildman–Crippen LogP) is 4.65. The van der Waals surface area contributed by atoms with E-state index in [9.17, 15) is 4.79 Å². The summed E-state index contributed by atoms with van der Waals surface area (Å²) < 4.78 is 17.6. The number of nitrogens with zero attached hydrogens (tertiary/aromatic N) is 2. The van der Waals surface area contributed by atoms with E-state index in [0.29, 0.717) is 40.4 Å². The van der Waals surface area contributed by atoms with Crippen LogP contribution >= 0.6 is 22.9 Å². The van der Waals surface area contributed by atoms with Gasteiger partial charge in [0.15, 0.2) is 0 Å². The van der Waals surface area contributed by atoms with Gasteiger partial charge in [-0.3, -0.25) is 4.79 Å². The Hall–Kier alpha value is -2.51. The molecule has 8 heteroatoms. The third kappa shape index (κ3) is 4.26. The number of rotatable bonds is 5. The summed E-state index contributed by atoms with van der Waals surface area (Å²) in [6, 6.07) is 10.9. The standard InChI is InChI=1S/C21H21ClN2O4S/c1-26-15-10-13(11-16(12-15)27-2)20(25)24-8-6-14(7-9-24)28-21-23-19-17(22)4-3-5-18(19)29-21/h3-5,10-12,14H,6-9H2,1-2H3. The molecule has 0 saturated carbocycles. The van der Waals surface area contributed by atoms with Crippen LogP contribution in [0.4, 0.5) is 0 Å². The Morgan fingerprint density at radius 2 is 1.83 bits per heavy atom. The lowest BCUT2D eigenvalue weighted by Gasteiger charge is -2.31. The zero-order chi connectivity index (χ0) is 20.4. The Morgan fingerprint density at radius 3 is 2.45 bits per heavy atom. The second kappa shape index (κ2) is 8.47. The average Bonchev–Trinajstić information content (AvgIpc) is 3.17.